The minimum Gasteiger partial charge on any atom is -0.392 e. The van der Waals surface area contributed by atoms with Crippen LogP contribution in [0, 0.1) is 6.92 Å². The van der Waals surface area contributed by atoms with Crippen LogP contribution in [0.2, 0.25) is 0 Å². The number of rotatable bonds is 4. The molecule has 0 bridgehead atoms. The summed E-state index contributed by atoms with van der Waals surface area (Å²) >= 11 is 2.89. The molecular weight excluding hydrogens is 256 g/mol. The molecule has 0 aromatic carbocycles. The lowest BCUT2D eigenvalue weighted by Crippen LogP contribution is -1.93. The lowest BCUT2D eigenvalue weighted by molar-refractivity contribution is 0.277. The molecule has 0 radical (unpaired) electrons. The monoisotopic (exact) mass is 270 g/mol. The highest BCUT2D eigenvalue weighted by molar-refractivity contribution is 8.00. The van der Waals surface area contributed by atoms with Crippen LogP contribution in [0.1, 0.15) is 24.0 Å². The number of hydrogen-bond acceptors (Lipinski definition) is 6. The molecule has 2 rings (SSSR count). The van der Waals surface area contributed by atoms with Crippen molar-refractivity contribution in [3.8, 4) is 0 Å². The SMILES string of the molecule is CCc1nsc(Sc2c(CO)c(C)nn2C)n1. The molecule has 0 aliphatic rings. The summed E-state index contributed by atoms with van der Waals surface area (Å²) < 4.78 is 6.91. The van der Waals surface area contributed by atoms with Crippen LogP contribution in [-0.2, 0) is 20.1 Å². The third-order valence-corrected chi connectivity index (χ3v) is 4.39. The summed E-state index contributed by atoms with van der Waals surface area (Å²) in [5, 5.41) is 14.6. The van der Waals surface area contributed by atoms with Crippen molar-refractivity contribution in [1.29, 1.82) is 0 Å². The zero-order chi connectivity index (χ0) is 12.4. The van der Waals surface area contributed by atoms with Gasteiger partial charge in [0, 0.05) is 19.0 Å². The minimum absolute atomic E-state index is 0.00143. The predicted molar refractivity (Wildman–Crippen MR) is 67.3 cm³/mol. The molecule has 0 amide bonds. The fraction of sp³-hybridized carbons (Fsp3) is 0.500. The smallest absolute Gasteiger partial charge is 0.176 e. The van der Waals surface area contributed by atoms with Crippen LogP contribution in [0.5, 0.6) is 0 Å². The molecule has 0 aliphatic carbocycles. The van der Waals surface area contributed by atoms with Crippen LogP contribution < -0.4 is 0 Å². The lowest BCUT2D eigenvalue weighted by atomic mass is 10.3. The highest BCUT2D eigenvalue weighted by Crippen LogP contribution is 2.32. The molecule has 7 heteroatoms. The van der Waals surface area contributed by atoms with Gasteiger partial charge in [0.15, 0.2) is 4.34 Å². The Morgan fingerprint density at radius 3 is 2.82 bits per heavy atom. The summed E-state index contributed by atoms with van der Waals surface area (Å²) in [4.78, 5) is 4.40. The zero-order valence-electron chi connectivity index (χ0n) is 9.97. The molecule has 2 heterocycles. The third-order valence-electron chi connectivity index (χ3n) is 2.40. The number of nitrogens with zero attached hydrogens (tertiary/aromatic N) is 4. The molecule has 5 nitrogen and oxygen atoms in total. The highest BCUT2D eigenvalue weighted by Gasteiger charge is 2.15. The zero-order valence-corrected chi connectivity index (χ0v) is 11.6. The Morgan fingerprint density at radius 2 is 2.24 bits per heavy atom. The summed E-state index contributed by atoms with van der Waals surface area (Å²) in [5.41, 5.74) is 1.73. The Labute approximate surface area is 108 Å². The van der Waals surface area contributed by atoms with Crippen molar-refractivity contribution in [2.75, 3.05) is 0 Å². The molecular formula is C10H14N4OS2. The van der Waals surface area contributed by atoms with Gasteiger partial charge in [-0.3, -0.25) is 4.68 Å². The molecule has 2 aromatic rings. The molecule has 2 aromatic heterocycles. The van der Waals surface area contributed by atoms with Gasteiger partial charge in [0.1, 0.15) is 10.9 Å². The molecule has 0 saturated heterocycles. The van der Waals surface area contributed by atoms with Crippen molar-refractivity contribution in [2.45, 2.75) is 36.2 Å². The predicted octanol–water partition coefficient (Wildman–Crippen LogP) is 1.79. The Hall–Kier alpha value is -0.920. The molecule has 0 atom stereocenters. The molecule has 0 saturated carbocycles. The van der Waals surface area contributed by atoms with Gasteiger partial charge in [0.25, 0.3) is 0 Å². The van der Waals surface area contributed by atoms with E-state index in [4.69, 9.17) is 0 Å². The average molecular weight is 270 g/mol. The maximum atomic E-state index is 9.34. The Kier molecular flexibility index (Phi) is 3.80. The largest absolute Gasteiger partial charge is 0.392 e. The minimum atomic E-state index is 0.00143. The number of hydrogen-bond donors (Lipinski definition) is 1. The summed E-state index contributed by atoms with van der Waals surface area (Å²) in [6, 6.07) is 0. The number of aliphatic hydroxyl groups excluding tert-OH is 1. The first kappa shape index (κ1) is 12.5. The second-order valence-corrected chi connectivity index (χ2v) is 5.57. The van der Waals surface area contributed by atoms with Crippen molar-refractivity contribution in [3.63, 3.8) is 0 Å². The maximum Gasteiger partial charge on any atom is 0.176 e. The van der Waals surface area contributed by atoms with Crippen LogP contribution >= 0.6 is 23.3 Å². The first-order valence-corrected chi connectivity index (χ1v) is 6.88. The fourth-order valence-electron chi connectivity index (χ4n) is 1.50. The van der Waals surface area contributed by atoms with Crippen LogP contribution in [0.25, 0.3) is 0 Å². The Balaban J connectivity index is 2.29. The van der Waals surface area contributed by atoms with E-state index in [9.17, 15) is 5.11 Å². The van der Waals surface area contributed by atoms with E-state index in [1.165, 1.54) is 23.3 Å². The van der Waals surface area contributed by atoms with Gasteiger partial charge in [0.05, 0.1) is 12.3 Å². The molecule has 0 aliphatic heterocycles. The van der Waals surface area contributed by atoms with Crippen molar-refractivity contribution in [3.05, 3.63) is 17.1 Å². The first-order valence-electron chi connectivity index (χ1n) is 5.29. The van der Waals surface area contributed by atoms with E-state index in [1.807, 2.05) is 20.9 Å². The van der Waals surface area contributed by atoms with Crippen LogP contribution in [0.3, 0.4) is 0 Å². The first-order chi connectivity index (χ1) is 8.15. The van der Waals surface area contributed by atoms with Gasteiger partial charge >= 0.3 is 0 Å². The van der Waals surface area contributed by atoms with Gasteiger partial charge in [-0.15, -0.1) is 0 Å². The van der Waals surface area contributed by atoms with Crippen molar-refractivity contribution >= 4 is 23.3 Å². The number of aromatic nitrogens is 4. The summed E-state index contributed by atoms with van der Waals surface area (Å²) in [6.07, 6.45) is 0.842. The number of aryl methyl sites for hydroxylation is 3. The topological polar surface area (TPSA) is 63.8 Å². The standard InChI is InChI=1S/C10H14N4OS2/c1-4-8-11-10(17-13-8)16-9-7(5-15)6(2)12-14(9)3/h15H,4-5H2,1-3H3. The van der Waals surface area contributed by atoms with Crippen LogP contribution in [0.4, 0.5) is 0 Å². The molecule has 0 fully saturated rings. The van der Waals surface area contributed by atoms with E-state index in [0.717, 1.165) is 32.9 Å². The summed E-state index contributed by atoms with van der Waals surface area (Å²) in [6.45, 7) is 3.93. The Morgan fingerprint density at radius 1 is 1.47 bits per heavy atom. The fourth-order valence-corrected chi connectivity index (χ4v) is 3.32. The highest BCUT2D eigenvalue weighted by atomic mass is 32.2. The van der Waals surface area contributed by atoms with E-state index in [0.29, 0.717) is 0 Å². The maximum absolute atomic E-state index is 9.34. The van der Waals surface area contributed by atoms with E-state index >= 15 is 0 Å². The van der Waals surface area contributed by atoms with Gasteiger partial charge in [-0.25, -0.2) is 4.98 Å². The molecule has 0 unspecified atom stereocenters. The molecule has 17 heavy (non-hydrogen) atoms. The second kappa shape index (κ2) is 5.16. The van der Waals surface area contributed by atoms with Crippen molar-refractivity contribution < 1.29 is 5.11 Å². The molecule has 92 valence electrons. The molecule has 0 spiro atoms. The van der Waals surface area contributed by atoms with Gasteiger partial charge in [-0.1, -0.05) is 6.92 Å². The van der Waals surface area contributed by atoms with Crippen molar-refractivity contribution in [1.82, 2.24) is 19.1 Å². The van der Waals surface area contributed by atoms with Crippen molar-refractivity contribution in [2.24, 2.45) is 7.05 Å². The van der Waals surface area contributed by atoms with Gasteiger partial charge in [-0.05, 0) is 30.2 Å². The summed E-state index contributed by atoms with van der Waals surface area (Å²) in [5.74, 6) is 0.863. The quantitative estimate of drug-likeness (QED) is 0.917. The van der Waals surface area contributed by atoms with Gasteiger partial charge in [0.2, 0.25) is 0 Å². The van der Waals surface area contributed by atoms with Gasteiger partial charge < -0.3 is 5.11 Å². The third kappa shape index (κ3) is 2.51. The molecule has 1 N–H and O–H groups in total. The lowest BCUT2D eigenvalue weighted by Gasteiger charge is -2.00. The van der Waals surface area contributed by atoms with Crippen LogP contribution in [-0.4, -0.2) is 24.2 Å². The van der Waals surface area contributed by atoms with E-state index in [2.05, 4.69) is 14.5 Å². The van der Waals surface area contributed by atoms with E-state index < -0.39 is 0 Å². The Bertz CT molecular complexity index is 520. The average Bonchev–Trinajstić information content (AvgIpc) is 2.85. The second-order valence-electron chi connectivity index (χ2n) is 3.58. The van der Waals surface area contributed by atoms with E-state index in [1.54, 1.807) is 4.68 Å². The van der Waals surface area contributed by atoms with Gasteiger partial charge in [-0.2, -0.15) is 9.47 Å². The van der Waals surface area contributed by atoms with E-state index in [-0.39, 0.29) is 6.61 Å². The number of aliphatic hydroxyl groups is 1. The summed E-state index contributed by atoms with van der Waals surface area (Å²) in [7, 11) is 1.87. The normalized spacial score (nSPS) is 11.1. The van der Waals surface area contributed by atoms with Crippen LogP contribution in [0.15, 0.2) is 9.37 Å².